The summed E-state index contributed by atoms with van der Waals surface area (Å²) in [6, 6.07) is 0. The van der Waals surface area contributed by atoms with Gasteiger partial charge in [0.2, 0.25) is 23.0 Å². The van der Waals surface area contributed by atoms with Gasteiger partial charge in [-0.2, -0.15) is 0 Å². The topological polar surface area (TPSA) is 104 Å². The van der Waals surface area contributed by atoms with E-state index in [1.807, 2.05) is 13.8 Å². The minimum Gasteiger partial charge on any atom is -0.504 e. The third kappa shape index (κ3) is 1.45. The molecule has 1 heterocycles. The smallest absolute Gasteiger partial charge is 0.240 e. The van der Waals surface area contributed by atoms with E-state index in [2.05, 4.69) is 0 Å². The maximum Gasteiger partial charge on any atom is 0.240 e. The van der Waals surface area contributed by atoms with Crippen molar-refractivity contribution in [1.82, 2.24) is 0 Å². The van der Waals surface area contributed by atoms with E-state index in [1.54, 1.807) is 20.8 Å². The first-order valence-corrected chi connectivity index (χ1v) is 9.12. The Morgan fingerprint density at radius 3 is 2.12 bits per heavy atom. The fourth-order valence-electron chi connectivity index (χ4n) is 5.89. The number of ketones is 3. The van der Waals surface area contributed by atoms with Crippen LogP contribution in [0.1, 0.15) is 53.9 Å². The second-order valence-corrected chi connectivity index (χ2v) is 9.16. The molecule has 1 saturated heterocycles. The minimum atomic E-state index is -2.02. The number of carbonyl (C=O) groups is 3. The summed E-state index contributed by atoms with van der Waals surface area (Å²) >= 11 is 0. The summed E-state index contributed by atoms with van der Waals surface area (Å²) in [6.45, 7) is 8.94. The van der Waals surface area contributed by atoms with Crippen LogP contribution in [0.4, 0.5) is 0 Å². The van der Waals surface area contributed by atoms with Crippen LogP contribution in [0.3, 0.4) is 0 Å². The van der Waals surface area contributed by atoms with Crippen molar-refractivity contribution >= 4 is 17.3 Å². The van der Waals surface area contributed by atoms with Crippen LogP contribution in [0.25, 0.3) is 0 Å². The molecule has 4 rings (SSSR count). The van der Waals surface area contributed by atoms with Crippen LogP contribution >= 0.6 is 0 Å². The van der Waals surface area contributed by atoms with E-state index in [0.717, 1.165) is 12.8 Å². The van der Waals surface area contributed by atoms with E-state index in [4.69, 9.17) is 4.74 Å². The molecule has 0 aromatic carbocycles. The fourth-order valence-corrected chi connectivity index (χ4v) is 5.89. The summed E-state index contributed by atoms with van der Waals surface area (Å²) in [5.74, 6) is -3.74. The van der Waals surface area contributed by atoms with Crippen molar-refractivity contribution in [3.8, 4) is 0 Å². The number of epoxide rings is 1. The molecular formula is C20H24O6. The van der Waals surface area contributed by atoms with Crippen molar-refractivity contribution in [2.24, 2.45) is 16.7 Å². The van der Waals surface area contributed by atoms with Crippen molar-refractivity contribution in [2.75, 3.05) is 0 Å². The lowest BCUT2D eigenvalue weighted by Crippen LogP contribution is -2.63. The van der Waals surface area contributed by atoms with Crippen LogP contribution in [0.5, 0.6) is 0 Å². The van der Waals surface area contributed by atoms with Gasteiger partial charge in [-0.05, 0) is 29.7 Å². The number of fused-ring (bicyclic) bond motifs is 1. The first kappa shape index (κ1) is 17.5. The number of Topliss-reactive ketones (excluding diaryl/α,β-unsaturated/α-hetero) is 3. The maximum atomic E-state index is 13.3. The van der Waals surface area contributed by atoms with E-state index in [0.29, 0.717) is 12.0 Å². The first-order valence-electron chi connectivity index (χ1n) is 9.12. The highest BCUT2D eigenvalue weighted by molar-refractivity contribution is 6.36. The van der Waals surface area contributed by atoms with E-state index in [1.165, 1.54) is 0 Å². The van der Waals surface area contributed by atoms with Crippen molar-refractivity contribution in [1.29, 1.82) is 0 Å². The second-order valence-electron chi connectivity index (χ2n) is 9.16. The Morgan fingerprint density at radius 1 is 0.923 bits per heavy atom. The molecule has 0 aromatic heterocycles. The predicted molar refractivity (Wildman–Crippen MR) is 91.5 cm³/mol. The Hall–Kier alpha value is -1.95. The molecule has 2 fully saturated rings. The zero-order valence-electron chi connectivity index (χ0n) is 15.7. The van der Waals surface area contributed by atoms with Crippen molar-refractivity contribution in [2.45, 2.75) is 65.1 Å². The standard InChI is InChI=1S/C20H24O6/c1-9(2)10-11(21)16(25)20-18(5)8-6-7-17(3,4)13(18)12(22)15(24)19(20,26-20)14(10)23/h9,21-22H,6-8H2,1-5H3/t18-,19+,20-/m0/s1. The summed E-state index contributed by atoms with van der Waals surface area (Å²) in [6.07, 6.45) is 2.01. The number of aliphatic hydroxyl groups is 2. The molecule has 26 heavy (non-hydrogen) atoms. The predicted octanol–water partition coefficient (Wildman–Crippen LogP) is 2.73. The molecule has 2 N–H and O–H groups in total. The molecule has 3 aliphatic carbocycles. The molecule has 6 heteroatoms. The molecule has 0 unspecified atom stereocenters. The lowest BCUT2D eigenvalue weighted by atomic mass is 9.47. The van der Waals surface area contributed by atoms with Gasteiger partial charge in [0, 0.05) is 11.0 Å². The van der Waals surface area contributed by atoms with Gasteiger partial charge in [-0.25, -0.2) is 0 Å². The van der Waals surface area contributed by atoms with Gasteiger partial charge in [0.1, 0.15) is 0 Å². The SMILES string of the molecule is CC(C)C1=C(O)C(=O)[C@@]23O[C@@]2(C(=O)C(O)=C2C(C)(C)CCC[C@@]23C)C1=O. The normalized spacial score (nSPS) is 41.2. The van der Waals surface area contributed by atoms with Gasteiger partial charge in [-0.3, -0.25) is 14.4 Å². The van der Waals surface area contributed by atoms with Crippen molar-refractivity contribution in [3.05, 3.63) is 22.7 Å². The minimum absolute atomic E-state index is 0.0913. The monoisotopic (exact) mass is 360 g/mol. The highest BCUT2D eigenvalue weighted by Gasteiger charge is 2.93. The summed E-state index contributed by atoms with van der Waals surface area (Å²) in [5.41, 5.74) is -4.92. The van der Waals surface area contributed by atoms with Crippen LogP contribution in [-0.4, -0.2) is 38.8 Å². The van der Waals surface area contributed by atoms with Crippen molar-refractivity contribution < 1.29 is 29.3 Å². The molecule has 1 saturated carbocycles. The van der Waals surface area contributed by atoms with Crippen molar-refractivity contribution in [3.63, 3.8) is 0 Å². The average molecular weight is 360 g/mol. The molecule has 6 nitrogen and oxygen atoms in total. The Labute approximate surface area is 151 Å². The average Bonchev–Trinajstić information content (AvgIpc) is 3.24. The quantitative estimate of drug-likeness (QED) is 0.550. The molecule has 1 aliphatic heterocycles. The molecular weight excluding hydrogens is 336 g/mol. The molecule has 0 amide bonds. The molecule has 3 atom stereocenters. The largest absolute Gasteiger partial charge is 0.504 e. The van der Waals surface area contributed by atoms with E-state index in [-0.39, 0.29) is 5.57 Å². The van der Waals surface area contributed by atoms with E-state index in [9.17, 15) is 24.6 Å². The zero-order chi connectivity index (χ0) is 19.4. The number of ether oxygens (including phenoxy) is 1. The Morgan fingerprint density at radius 2 is 1.54 bits per heavy atom. The first-order chi connectivity index (χ1) is 11.9. The van der Waals surface area contributed by atoms with Gasteiger partial charge >= 0.3 is 0 Å². The van der Waals surface area contributed by atoms with Gasteiger partial charge in [-0.1, -0.05) is 41.0 Å². The van der Waals surface area contributed by atoms with E-state index < -0.39 is 56.8 Å². The highest BCUT2D eigenvalue weighted by Crippen LogP contribution is 2.73. The van der Waals surface area contributed by atoms with Crippen LogP contribution in [0, 0.1) is 16.7 Å². The van der Waals surface area contributed by atoms with Crippen LogP contribution < -0.4 is 0 Å². The lowest BCUT2D eigenvalue weighted by molar-refractivity contribution is -0.138. The molecule has 0 spiro atoms. The summed E-state index contributed by atoms with van der Waals surface area (Å²) < 4.78 is 5.79. The third-order valence-electron chi connectivity index (χ3n) is 6.95. The second kappa shape index (κ2) is 4.47. The lowest BCUT2D eigenvalue weighted by Gasteiger charge is -2.51. The number of hydrogen-bond acceptors (Lipinski definition) is 6. The number of aliphatic hydroxyl groups excluding tert-OH is 2. The molecule has 0 aromatic rings. The van der Waals surface area contributed by atoms with E-state index >= 15 is 0 Å². The molecule has 0 radical (unpaired) electrons. The molecule has 0 bridgehead atoms. The molecule has 4 aliphatic rings. The Kier molecular flexibility index (Phi) is 3.00. The number of rotatable bonds is 1. The Balaban J connectivity index is 2.06. The number of hydrogen-bond donors (Lipinski definition) is 2. The van der Waals surface area contributed by atoms with Gasteiger partial charge in [0.15, 0.2) is 17.1 Å². The summed E-state index contributed by atoms with van der Waals surface area (Å²) in [7, 11) is 0. The van der Waals surface area contributed by atoms with Gasteiger partial charge < -0.3 is 14.9 Å². The van der Waals surface area contributed by atoms with Crippen LogP contribution in [0.2, 0.25) is 0 Å². The summed E-state index contributed by atoms with van der Waals surface area (Å²) in [5, 5.41) is 21.3. The van der Waals surface area contributed by atoms with Gasteiger partial charge in [-0.15, -0.1) is 0 Å². The van der Waals surface area contributed by atoms with Gasteiger partial charge in [0.05, 0.1) is 0 Å². The third-order valence-corrected chi connectivity index (χ3v) is 6.95. The summed E-state index contributed by atoms with van der Waals surface area (Å²) in [4.78, 5) is 39.6. The number of carbonyl (C=O) groups excluding carboxylic acids is 3. The fraction of sp³-hybridized carbons (Fsp3) is 0.650. The maximum absolute atomic E-state index is 13.3. The van der Waals surface area contributed by atoms with Gasteiger partial charge in [0.25, 0.3) is 0 Å². The van der Waals surface area contributed by atoms with Crippen LogP contribution in [0.15, 0.2) is 22.7 Å². The molecule has 140 valence electrons. The van der Waals surface area contributed by atoms with Crippen LogP contribution in [-0.2, 0) is 19.1 Å². The highest BCUT2D eigenvalue weighted by atomic mass is 16.7. The Bertz CT molecular complexity index is 860. The zero-order valence-corrected chi connectivity index (χ0v) is 15.7.